The number of hydrogen-bond acceptors (Lipinski definition) is 2. The third kappa shape index (κ3) is 3.07. The van der Waals surface area contributed by atoms with Crippen LogP contribution in [0.4, 0.5) is 0 Å². The van der Waals surface area contributed by atoms with Crippen LogP contribution in [0.25, 0.3) is 27.5 Å². The monoisotopic (exact) mass is 379 g/mol. The lowest BCUT2D eigenvalue weighted by molar-refractivity contribution is -0.687. The van der Waals surface area contributed by atoms with Gasteiger partial charge in [0.05, 0.1) is 5.52 Å². The quantitative estimate of drug-likeness (QED) is 0.332. The summed E-state index contributed by atoms with van der Waals surface area (Å²) in [7, 11) is 0. The molecule has 0 radical (unpaired) electrons. The number of pyridine rings is 2. The van der Waals surface area contributed by atoms with Crippen molar-refractivity contribution in [1.82, 2.24) is 14.5 Å². The standard InChI is InChI=1S/C25H23N4/c1-17-12-18(2)22(19(3)13-17)15-28-10-11-29(16-28)23-14-20-6-4-8-26-24(20)25-21(23)7-5-9-27-25/h4-14,16H,15H2,1-3H3/q+1. The number of aromatic nitrogens is 4. The summed E-state index contributed by atoms with van der Waals surface area (Å²) in [5.41, 5.74) is 8.37. The summed E-state index contributed by atoms with van der Waals surface area (Å²) < 4.78 is 4.41. The lowest BCUT2D eigenvalue weighted by Crippen LogP contribution is -2.32. The third-order valence-corrected chi connectivity index (χ3v) is 5.59. The molecule has 0 spiro atoms. The molecule has 3 aromatic heterocycles. The summed E-state index contributed by atoms with van der Waals surface area (Å²) in [5.74, 6) is 0. The van der Waals surface area contributed by atoms with Crippen molar-refractivity contribution in [1.29, 1.82) is 0 Å². The Balaban J connectivity index is 1.61. The molecule has 29 heavy (non-hydrogen) atoms. The maximum Gasteiger partial charge on any atom is 0.249 e. The van der Waals surface area contributed by atoms with Crippen LogP contribution in [0.15, 0.2) is 73.6 Å². The van der Waals surface area contributed by atoms with E-state index in [-0.39, 0.29) is 0 Å². The molecule has 0 amide bonds. The summed E-state index contributed by atoms with van der Waals surface area (Å²) in [6, 6.07) is 14.9. The summed E-state index contributed by atoms with van der Waals surface area (Å²) in [5, 5.41) is 2.20. The first-order chi connectivity index (χ1) is 14.1. The number of benzene rings is 2. The van der Waals surface area contributed by atoms with Gasteiger partial charge in [-0.05, 0) is 61.7 Å². The first kappa shape index (κ1) is 17.6. The third-order valence-electron chi connectivity index (χ3n) is 5.59. The van der Waals surface area contributed by atoms with Crippen LogP contribution in [0.1, 0.15) is 22.3 Å². The van der Waals surface area contributed by atoms with Crippen LogP contribution in [-0.4, -0.2) is 14.5 Å². The maximum atomic E-state index is 4.62. The van der Waals surface area contributed by atoms with Gasteiger partial charge in [0.25, 0.3) is 0 Å². The van der Waals surface area contributed by atoms with Crippen LogP contribution in [-0.2, 0) is 6.54 Å². The van der Waals surface area contributed by atoms with Crippen LogP contribution in [0, 0.1) is 20.8 Å². The summed E-state index contributed by atoms with van der Waals surface area (Å²) in [4.78, 5) is 9.17. The number of rotatable bonds is 3. The zero-order chi connectivity index (χ0) is 20.0. The predicted molar refractivity (Wildman–Crippen MR) is 116 cm³/mol. The SMILES string of the molecule is Cc1cc(C)c(C[n+]2ccn(-c3cc4cccnc4c4ncccc34)c2)c(C)c1. The van der Waals surface area contributed by atoms with E-state index in [2.05, 4.69) is 88.9 Å². The van der Waals surface area contributed by atoms with Crippen LogP contribution in [0.5, 0.6) is 0 Å². The van der Waals surface area contributed by atoms with Crippen LogP contribution in [0.2, 0.25) is 0 Å². The van der Waals surface area contributed by atoms with Crippen molar-refractivity contribution in [3.63, 3.8) is 0 Å². The normalized spacial score (nSPS) is 11.4. The Labute approximate surface area is 170 Å². The number of fused-ring (bicyclic) bond motifs is 3. The van der Waals surface area contributed by atoms with Gasteiger partial charge in [0, 0.05) is 23.2 Å². The molecule has 142 valence electrons. The minimum atomic E-state index is 0.857. The van der Waals surface area contributed by atoms with Gasteiger partial charge < -0.3 is 0 Å². The summed E-state index contributed by atoms with van der Waals surface area (Å²) in [6.07, 6.45) is 10.1. The van der Waals surface area contributed by atoms with Crippen LogP contribution >= 0.6 is 0 Å². The molecule has 0 saturated heterocycles. The molecule has 5 aromatic rings. The van der Waals surface area contributed by atoms with Crippen molar-refractivity contribution in [3.8, 4) is 5.69 Å². The molecule has 0 aliphatic rings. The molecule has 3 heterocycles. The molecule has 0 N–H and O–H groups in total. The van der Waals surface area contributed by atoms with Crippen LogP contribution < -0.4 is 4.57 Å². The number of aryl methyl sites for hydroxylation is 3. The zero-order valence-corrected chi connectivity index (χ0v) is 16.9. The maximum absolute atomic E-state index is 4.62. The topological polar surface area (TPSA) is 34.6 Å². The Morgan fingerprint density at radius 2 is 1.62 bits per heavy atom. The van der Waals surface area contributed by atoms with Gasteiger partial charge in [0.2, 0.25) is 6.33 Å². The van der Waals surface area contributed by atoms with E-state index in [0.717, 1.165) is 34.0 Å². The van der Waals surface area contributed by atoms with Gasteiger partial charge >= 0.3 is 0 Å². The fourth-order valence-electron chi connectivity index (χ4n) is 4.24. The molecule has 0 aliphatic heterocycles. The van der Waals surface area contributed by atoms with E-state index in [4.69, 9.17) is 0 Å². The Morgan fingerprint density at radius 3 is 2.41 bits per heavy atom. The smallest absolute Gasteiger partial charge is 0.249 e. The molecule has 0 saturated carbocycles. The van der Waals surface area contributed by atoms with Gasteiger partial charge in [0.1, 0.15) is 30.1 Å². The molecule has 0 bridgehead atoms. The van der Waals surface area contributed by atoms with Gasteiger partial charge in [-0.1, -0.05) is 23.8 Å². The first-order valence-electron chi connectivity index (χ1n) is 9.87. The second-order valence-electron chi connectivity index (χ2n) is 7.74. The molecule has 2 aromatic carbocycles. The first-order valence-corrected chi connectivity index (χ1v) is 9.87. The second-order valence-corrected chi connectivity index (χ2v) is 7.74. The largest absolute Gasteiger partial charge is 0.254 e. The highest BCUT2D eigenvalue weighted by molar-refractivity contribution is 6.06. The van der Waals surface area contributed by atoms with E-state index < -0.39 is 0 Å². The van der Waals surface area contributed by atoms with E-state index in [0.29, 0.717) is 0 Å². The van der Waals surface area contributed by atoms with Gasteiger partial charge in [-0.2, -0.15) is 0 Å². The van der Waals surface area contributed by atoms with Crippen molar-refractivity contribution >= 4 is 21.8 Å². The van der Waals surface area contributed by atoms with Crippen molar-refractivity contribution in [3.05, 3.63) is 95.8 Å². The van der Waals surface area contributed by atoms with Gasteiger partial charge in [0.15, 0.2) is 0 Å². The fraction of sp³-hybridized carbons (Fsp3) is 0.160. The summed E-state index contributed by atoms with van der Waals surface area (Å²) in [6.45, 7) is 7.40. The number of imidazole rings is 1. The average Bonchev–Trinajstić information content (AvgIpc) is 3.18. The van der Waals surface area contributed by atoms with Crippen molar-refractivity contribution in [2.45, 2.75) is 27.3 Å². The van der Waals surface area contributed by atoms with E-state index in [1.807, 2.05) is 24.5 Å². The second kappa shape index (κ2) is 6.82. The minimum Gasteiger partial charge on any atom is -0.254 e. The molecule has 4 heteroatoms. The van der Waals surface area contributed by atoms with Crippen LogP contribution in [0.3, 0.4) is 0 Å². The van der Waals surface area contributed by atoms with Crippen molar-refractivity contribution in [2.24, 2.45) is 0 Å². The van der Waals surface area contributed by atoms with E-state index in [1.165, 1.54) is 22.3 Å². The molecular formula is C25H23N4+. The van der Waals surface area contributed by atoms with Crippen molar-refractivity contribution in [2.75, 3.05) is 0 Å². The van der Waals surface area contributed by atoms with Gasteiger partial charge in [-0.3, -0.25) is 9.97 Å². The molecule has 4 nitrogen and oxygen atoms in total. The van der Waals surface area contributed by atoms with E-state index >= 15 is 0 Å². The lowest BCUT2D eigenvalue weighted by atomic mass is 10.00. The Morgan fingerprint density at radius 1 is 0.897 bits per heavy atom. The molecule has 0 atom stereocenters. The Bertz CT molecular complexity index is 1340. The lowest BCUT2D eigenvalue weighted by Gasteiger charge is -2.09. The van der Waals surface area contributed by atoms with Crippen molar-refractivity contribution < 1.29 is 4.57 Å². The van der Waals surface area contributed by atoms with Gasteiger partial charge in [-0.15, -0.1) is 0 Å². The fourth-order valence-corrected chi connectivity index (χ4v) is 4.24. The Kier molecular flexibility index (Phi) is 4.13. The minimum absolute atomic E-state index is 0.857. The number of nitrogens with zero attached hydrogens (tertiary/aromatic N) is 4. The highest BCUT2D eigenvalue weighted by atomic mass is 15.1. The average molecular weight is 379 g/mol. The van der Waals surface area contributed by atoms with Gasteiger partial charge in [-0.25, -0.2) is 9.13 Å². The Hall–Kier alpha value is -3.53. The van der Waals surface area contributed by atoms with E-state index in [1.54, 1.807) is 0 Å². The summed E-state index contributed by atoms with van der Waals surface area (Å²) >= 11 is 0. The molecule has 0 aliphatic carbocycles. The highest BCUT2D eigenvalue weighted by Gasteiger charge is 2.15. The molecule has 0 unspecified atom stereocenters. The molecule has 5 rings (SSSR count). The number of hydrogen-bond donors (Lipinski definition) is 0. The molecular weight excluding hydrogens is 356 g/mol. The zero-order valence-electron chi connectivity index (χ0n) is 16.9. The highest BCUT2D eigenvalue weighted by Crippen LogP contribution is 2.28. The van der Waals surface area contributed by atoms with E-state index in [9.17, 15) is 0 Å². The molecule has 0 fully saturated rings. The predicted octanol–water partition coefficient (Wildman–Crippen LogP) is 4.83.